The third-order valence-electron chi connectivity index (χ3n) is 1.63. The Balaban J connectivity index is 2.02. The van der Waals surface area contributed by atoms with Gasteiger partial charge in [0.2, 0.25) is 0 Å². The standard InChI is InChI=1S/C7H15N2O/c1-2-10-7-9-5-3-8-4-6-9/h2-7H2,1H3. The van der Waals surface area contributed by atoms with Gasteiger partial charge in [0, 0.05) is 32.8 Å². The SMILES string of the molecule is CCOCN1CC[N]CC1. The molecule has 59 valence electrons. The number of hydrogen-bond acceptors (Lipinski definition) is 2. The first kappa shape index (κ1) is 7.98. The van der Waals surface area contributed by atoms with Crippen LogP contribution in [0.2, 0.25) is 0 Å². The lowest BCUT2D eigenvalue weighted by Crippen LogP contribution is -2.41. The van der Waals surface area contributed by atoms with E-state index in [-0.39, 0.29) is 0 Å². The van der Waals surface area contributed by atoms with Gasteiger partial charge in [-0.1, -0.05) is 0 Å². The Hall–Kier alpha value is -0.120. The predicted octanol–water partition coefficient (Wildman–Crippen LogP) is -0.0996. The molecule has 1 aliphatic rings. The molecule has 0 N–H and O–H groups in total. The average Bonchev–Trinajstić information content (AvgIpc) is 2.03. The van der Waals surface area contributed by atoms with E-state index in [0.717, 1.165) is 39.5 Å². The molecule has 1 heterocycles. The van der Waals surface area contributed by atoms with E-state index in [1.54, 1.807) is 0 Å². The van der Waals surface area contributed by atoms with E-state index >= 15 is 0 Å². The van der Waals surface area contributed by atoms with Gasteiger partial charge < -0.3 is 4.74 Å². The molecule has 1 fully saturated rings. The first-order chi connectivity index (χ1) is 4.93. The van der Waals surface area contributed by atoms with Crippen LogP contribution < -0.4 is 5.32 Å². The van der Waals surface area contributed by atoms with Crippen molar-refractivity contribution < 1.29 is 4.74 Å². The van der Waals surface area contributed by atoms with Crippen LogP contribution in [0.25, 0.3) is 0 Å². The largest absolute Gasteiger partial charge is 0.366 e. The Morgan fingerprint density at radius 1 is 1.40 bits per heavy atom. The molecular weight excluding hydrogens is 128 g/mol. The molecule has 0 spiro atoms. The maximum atomic E-state index is 5.26. The van der Waals surface area contributed by atoms with Gasteiger partial charge in [-0.3, -0.25) is 4.90 Å². The lowest BCUT2D eigenvalue weighted by atomic mass is 10.4. The zero-order valence-corrected chi connectivity index (χ0v) is 6.55. The number of nitrogens with zero attached hydrogens (tertiary/aromatic N) is 2. The molecular formula is C7H15N2O. The van der Waals surface area contributed by atoms with Crippen molar-refractivity contribution >= 4 is 0 Å². The summed E-state index contributed by atoms with van der Waals surface area (Å²) in [6, 6.07) is 0. The van der Waals surface area contributed by atoms with Crippen LogP contribution in [-0.2, 0) is 4.74 Å². The molecule has 1 saturated heterocycles. The molecule has 10 heavy (non-hydrogen) atoms. The average molecular weight is 143 g/mol. The number of hydrogen-bond donors (Lipinski definition) is 0. The first-order valence-electron chi connectivity index (χ1n) is 3.87. The van der Waals surface area contributed by atoms with Crippen molar-refractivity contribution in [3.8, 4) is 0 Å². The van der Waals surface area contributed by atoms with Crippen LogP contribution >= 0.6 is 0 Å². The second-order valence-electron chi connectivity index (χ2n) is 2.41. The fourth-order valence-electron chi connectivity index (χ4n) is 0.997. The van der Waals surface area contributed by atoms with Gasteiger partial charge in [0.15, 0.2) is 0 Å². The zero-order chi connectivity index (χ0) is 7.23. The molecule has 0 saturated carbocycles. The van der Waals surface area contributed by atoms with Crippen LogP contribution in [0.3, 0.4) is 0 Å². The van der Waals surface area contributed by atoms with E-state index < -0.39 is 0 Å². The summed E-state index contributed by atoms with van der Waals surface area (Å²) >= 11 is 0. The van der Waals surface area contributed by atoms with Crippen LogP contribution in [-0.4, -0.2) is 44.4 Å². The van der Waals surface area contributed by atoms with E-state index in [1.807, 2.05) is 6.92 Å². The Bertz CT molecular complexity index is 81.7. The zero-order valence-electron chi connectivity index (χ0n) is 6.55. The van der Waals surface area contributed by atoms with E-state index in [2.05, 4.69) is 10.2 Å². The highest BCUT2D eigenvalue weighted by atomic mass is 16.5. The minimum atomic E-state index is 0.784. The van der Waals surface area contributed by atoms with Crippen LogP contribution in [0, 0.1) is 0 Å². The molecule has 0 aromatic heterocycles. The van der Waals surface area contributed by atoms with Gasteiger partial charge in [-0.05, 0) is 6.92 Å². The van der Waals surface area contributed by atoms with Crippen molar-refractivity contribution in [1.29, 1.82) is 0 Å². The molecule has 3 nitrogen and oxygen atoms in total. The molecule has 0 atom stereocenters. The lowest BCUT2D eigenvalue weighted by Gasteiger charge is -2.25. The normalized spacial score (nSPS) is 21.3. The van der Waals surface area contributed by atoms with Crippen LogP contribution in [0.15, 0.2) is 0 Å². The topological polar surface area (TPSA) is 26.6 Å². The summed E-state index contributed by atoms with van der Waals surface area (Å²) in [6.45, 7) is 7.72. The molecule has 0 aromatic rings. The third kappa shape index (κ3) is 2.64. The van der Waals surface area contributed by atoms with Crippen LogP contribution in [0.1, 0.15) is 6.92 Å². The summed E-state index contributed by atoms with van der Waals surface area (Å²) in [7, 11) is 0. The van der Waals surface area contributed by atoms with Gasteiger partial charge in [-0.2, -0.15) is 0 Å². The molecule has 0 amide bonds. The number of rotatable bonds is 3. The van der Waals surface area contributed by atoms with E-state index in [4.69, 9.17) is 4.74 Å². The summed E-state index contributed by atoms with van der Waals surface area (Å²) < 4.78 is 5.26. The van der Waals surface area contributed by atoms with Crippen molar-refractivity contribution in [3.63, 3.8) is 0 Å². The maximum Gasteiger partial charge on any atom is 0.0990 e. The highest BCUT2D eigenvalue weighted by Crippen LogP contribution is 1.92. The molecule has 0 bridgehead atoms. The minimum absolute atomic E-state index is 0.784. The predicted molar refractivity (Wildman–Crippen MR) is 39.9 cm³/mol. The Kier molecular flexibility index (Phi) is 3.72. The van der Waals surface area contributed by atoms with E-state index in [0.29, 0.717) is 0 Å². The monoisotopic (exact) mass is 143 g/mol. The highest BCUT2D eigenvalue weighted by Gasteiger charge is 2.08. The van der Waals surface area contributed by atoms with Crippen LogP contribution in [0.4, 0.5) is 0 Å². The van der Waals surface area contributed by atoms with Crippen molar-refractivity contribution in [2.24, 2.45) is 0 Å². The van der Waals surface area contributed by atoms with Gasteiger partial charge in [0.25, 0.3) is 0 Å². The van der Waals surface area contributed by atoms with Crippen molar-refractivity contribution in [2.75, 3.05) is 39.5 Å². The smallest absolute Gasteiger partial charge is 0.0990 e. The second-order valence-corrected chi connectivity index (χ2v) is 2.41. The summed E-state index contributed by atoms with van der Waals surface area (Å²) in [5.74, 6) is 0. The Labute approximate surface area is 62.3 Å². The quantitative estimate of drug-likeness (QED) is 0.551. The maximum absolute atomic E-state index is 5.26. The van der Waals surface area contributed by atoms with Gasteiger partial charge in [-0.25, -0.2) is 5.32 Å². The number of piperazine rings is 1. The Morgan fingerprint density at radius 3 is 2.70 bits per heavy atom. The van der Waals surface area contributed by atoms with E-state index in [9.17, 15) is 0 Å². The Morgan fingerprint density at radius 2 is 2.10 bits per heavy atom. The van der Waals surface area contributed by atoms with Gasteiger partial charge in [-0.15, -0.1) is 0 Å². The molecule has 1 radical (unpaired) electrons. The molecule has 0 unspecified atom stereocenters. The fraction of sp³-hybridized carbons (Fsp3) is 1.00. The summed E-state index contributed by atoms with van der Waals surface area (Å²) in [4.78, 5) is 2.29. The first-order valence-corrected chi connectivity index (χ1v) is 3.87. The second kappa shape index (κ2) is 4.66. The molecule has 1 aliphatic heterocycles. The van der Waals surface area contributed by atoms with Crippen molar-refractivity contribution in [2.45, 2.75) is 6.92 Å². The minimum Gasteiger partial charge on any atom is -0.366 e. The highest BCUT2D eigenvalue weighted by molar-refractivity contribution is 4.63. The van der Waals surface area contributed by atoms with E-state index in [1.165, 1.54) is 0 Å². The van der Waals surface area contributed by atoms with Crippen molar-refractivity contribution in [1.82, 2.24) is 10.2 Å². The fourth-order valence-corrected chi connectivity index (χ4v) is 0.997. The third-order valence-corrected chi connectivity index (χ3v) is 1.63. The summed E-state index contributed by atoms with van der Waals surface area (Å²) in [5, 5.41) is 4.24. The van der Waals surface area contributed by atoms with Gasteiger partial charge in [0.1, 0.15) is 0 Å². The van der Waals surface area contributed by atoms with Gasteiger partial charge in [0.05, 0.1) is 6.73 Å². The molecule has 0 aromatic carbocycles. The summed E-state index contributed by atoms with van der Waals surface area (Å²) in [6.07, 6.45) is 0. The molecule has 3 heteroatoms. The van der Waals surface area contributed by atoms with Crippen LogP contribution in [0.5, 0.6) is 0 Å². The van der Waals surface area contributed by atoms with Gasteiger partial charge >= 0.3 is 0 Å². The summed E-state index contributed by atoms with van der Waals surface area (Å²) in [5.41, 5.74) is 0. The molecule has 1 rings (SSSR count). The molecule has 0 aliphatic carbocycles. The number of ether oxygens (including phenoxy) is 1. The van der Waals surface area contributed by atoms with Crippen molar-refractivity contribution in [3.05, 3.63) is 0 Å². The lowest BCUT2D eigenvalue weighted by molar-refractivity contribution is 0.0287.